The van der Waals surface area contributed by atoms with Gasteiger partial charge in [0.25, 0.3) is 0 Å². The summed E-state index contributed by atoms with van der Waals surface area (Å²) in [5, 5.41) is 9.69. The van der Waals surface area contributed by atoms with Crippen LogP contribution in [0.4, 0.5) is 5.69 Å². The van der Waals surface area contributed by atoms with E-state index in [1.54, 1.807) is 0 Å². The largest absolute Gasteiger partial charge is 0.396 e. The molecule has 0 saturated carbocycles. The smallest absolute Gasteiger partial charge is 0.227 e. The number of piperidine rings is 1. The van der Waals surface area contributed by atoms with Gasteiger partial charge in [-0.05, 0) is 61.9 Å². The van der Waals surface area contributed by atoms with Crippen LogP contribution in [0.1, 0.15) is 24.8 Å². The molecule has 0 spiro atoms. The molecule has 26 heavy (non-hydrogen) atoms. The van der Waals surface area contributed by atoms with Gasteiger partial charge in [-0.3, -0.25) is 4.79 Å². The number of aliphatic hydroxyl groups excluding tert-OH is 1. The number of amides is 1. The molecule has 1 aromatic rings. The van der Waals surface area contributed by atoms with Crippen LogP contribution in [0.25, 0.3) is 0 Å². The number of carbonyl (C=O) groups is 1. The standard InChI is InChI=1S/C21H33N3O2/c1-22(2)20-7-5-17(6-8-20)12-21(26)24-14-18(11-19(15-24)16-25)13-23-9-3-4-10-23/h5-8,18-19,25H,3-4,9-16H2,1-2H3/t18-,19-/m1/s1. The van der Waals surface area contributed by atoms with Gasteiger partial charge in [-0.1, -0.05) is 12.1 Å². The Morgan fingerprint density at radius 1 is 1.12 bits per heavy atom. The number of hydrogen-bond donors (Lipinski definition) is 1. The molecule has 2 aliphatic heterocycles. The zero-order valence-corrected chi connectivity index (χ0v) is 16.2. The van der Waals surface area contributed by atoms with Crippen LogP contribution in [-0.2, 0) is 11.2 Å². The molecule has 0 bridgehead atoms. The Bertz CT molecular complexity index is 581. The molecule has 5 heteroatoms. The minimum absolute atomic E-state index is 0.178. The second-order valence-electron chi connectivity index (χ2n) is 8.19. The Labute approximate surface area is 157 Å². The van der Waals surface area contributed by atoms with E-state index >= 15 is 0 Å². The van der Waals surface area contributed by atoms with Crippen molar-refractivity contribution in [1.29, 1.82) is 0 Å². The van der Waals surface area contributed by atoms with Crippen molar-refractivity contribution in [2.45, 2.75) is 25.7 Å². The molecule has 2 heterocycles. The first-order valence-electron chi connectivity index (χ1n) is 9.92. The molecule has 5 nitrogen and oxygen atoms in total. The molecule has 2 saturated heterocycles. The predicted molar refractivity (Wildman–Crippen MR) is 105 cm³/mol. The van der Waals surface area contributed by atoms with Gasteiger partial charge in [0.15, 0.2) is 0 Å². The fourth-order valence-corrected chi connectivity index (χ4v) is 4.32. The van der Waals surface area contributed by atoms with E-state index in [1.165, 1.54) is 25.9 Å². The molecule has 3 rings (SSSR count). The van der Waals surface area contributed by atoms with Crippen molar-refractivity contribution in [2.24, 2.45) is 11.8 Å². The first-order valence-corrected chi connectivity index (χ1v) is 9.92. The Hall–Kier alpha value is -1.59. The highest BCUT2D eigenvalue weighted by Gasteiger charge is 2.31. The van der Waals surface area contributed by atoms with Crippen LogP contribution in [0.15, 0.2) is 24.3 Å². The normalized spacial score (nSPS) is 24.0. The summed E-state index contributed by atoms with van der Waals surface area (Å²) < 4.78 is 0. The van der Waals surface area contributed by atoms with Gasteiger partial charge < -0.3 is 19.8 Å². The van der Waals surface area contributed by atoms with Crippen LogP contribution in [0, 0.1) is 11.8 Å². The number of likely N-dealkylation sites (tertiary alicyclic amines) is 2. The van der Waals surface area contributed by atoms with Crippen molar-refractivity contribution in [3.8, 4) is 0 Å². The van der Waals surface area contributed by atoms with E-state index in [9.17, 15) is 9.90 Å². The highest BCUT2D eigenvalue weighted by Crippen LogP contribution is 2.25. The number of aliphatic hydroxyl groups is 1. The minimum atomic E-state index is 0.178. The van der Waals surface area contributed by atoms with E-state index in [-0.39, 0.29) is 18.4 Å². The number of benzene rings is 1. The molecular weight excluding hydrogens is 326 g/mol. The van der Waals surface area contributed by atoms with Gasteiger partial charge in [-0.25, -0.2) is 0 Å². The van der Waals surface area contributed by atoms with E-state index < -0.39 is 0 Å². The summed E-state index contributed by atoms with van der Waals surface area (Å²) in [7, 11) is 4.03. The first-order chi connectivity index (χ1) is 12.5. The second-order valence-corrected chi connectivity index (χ2v) is 8.19. The third-order valence-corrected chi connectivity index (χ3v) is 5.76. The molecule has 2 aliphatic rings. The second kappa shape index (κ2) is 8.87. The molecule has 144 valence electrons. The summed E-state index contributed by atoms with van der Waals surface area (Å²) in [5.41, 5.74) is 2.20. The summed E-state index contributed by atoms with van der Waals surface area (Å²) in [6.45, 7) is 5.15. The van der Waals surface area contributed by atoms with Gasteiger partial charge >= 0.3 is 0 Å². The van der Waals surface area contributed by atoms with Crippen LogP contribution in [0.3, 0.4) is 0 Å². The van der Waals surface area contributed by atoms with Gasteiger partial charge in [-0.15, -0.1) is 0 Å². The summed E-state index contributed by atoms with van der Waals surface area (Å²) in [6.07, 6.45) is 4.07. The fourth-order valence-electron chi connectivity index (χ4n) is 4.32. The van der Waals surface area contributed by atoms with Crippen molar-refractivity contribution < 1.29 is 9.90 Å². The summed E-state index contributed by atoms with van der Waals surface area (Å²) in [5.74, 6) is 0.891. The van der Waals surface area contributed by atoms with Crippen LogP contribution in [0.2, 0.25) is 0 Å². The number of anilines is 1. The van der Waals surface area contributed by atoms with Gasteiger partial charge in [0.1, 0.15) is 0 Å². The van der Waals surface area contributed by atoms with Crippen molar-refractivity contribution in [3.05, 3.63) is 29.8 Å². The first kappa shape index (κ1) is 19.2. The predicted octanol–water partition coefficient (Wildman–Crippen LogP) is 1.85. The van der Waals surface area contributed by atoms with Crippen molar-refractivity contribution >= 4 is 11.6 Å². The SMILES string of the molecule is CN(C)c1ccc(CC(=O)N2C[C@H](CO)C[C@H](CN3CCCC3)C2)cc1. The minimum Gasteiger partial charge on any atom is -0.396 e. The van der Waals surface area contributed by atoms with E-state index in [1.807, 2.05) is 31.1 Å². The molecule has 1 amide bonds. The van der Waals surface area contributed by atoms with Crippen LogP contribution < -0.4 is 4.90 Å². The lowest BCUT2D eigenvalue weighted by Crippen LogP contribution is -2.48. The Morgan fingerprint density at radius 2 is 1.77 bits per heavy atom. The van der Waals surface area contributed by atoms with Gasteiger partial charge in [0.05, 0.1) is 6.42 Å². The van der Waals surface area contributed by atoms with Crippen molar-refractivity contribution in [2.75, 3.05) is 58.3 Å². The van der Waals surface area contributed by atoms with E-state index in [0.717, 1.165) is 30.8 Å². The van der Waals surface area contributed by atoms with E-state index in [0.29, 0.717) is 18.9 Å². The zero-order chi connectivity index (χ0) is 18.5. The molecule has 2 fully saturated rings. The molecule has 0 unspecified atom stereocenters. The monoisotopic (exact) mass is 359 g/mol. The van der Waals surface area contributed by atoms with Crippen molar-refractivity contribution in [3.63, 3.8) is 0 Å². The van der Waals surface area contributed by atoms with Crippen molar-refractivity contribution in [1.82, 2.24) is 9.80 Å². The number of carbonyl (C=O) groups excluding carboxylic acids is 1. The number of rotatable bonds is 6. The topological polar surface area (TPSA) is 47.0 Å². The summed E-state index contributed by atoms with van der Waals surface area (Å²) >= 11 is 0. The molecular formula is C21H33N3O2. The van der Waals surface area contributed by atoms with Gasteiger partial charge in [0, 0.05) is 46.0 Å². The van der Waals surface area contributed by atoms with E-state index in [4.69, 9.17) is 0 Å². The van der Waals surface area contributed by atoms with Gasteiger partial charge in [0.2, 0.25) is 5.91 Å². The van der Waals surface area contributed by atoms with Crippen LogP contribution in [-0.4, -0.2) is 74.2 Å². The molecule has 1 aromatic carbocycles. The number of hydrogen-bond acceptors (Lipinski definition) is 4. The van der Waals surface area contributed by atoms with Crippen LogP contribution in [0.5, 0.6) is 0 Å². The maximum atomic E-state index is 12.9. The molecule has 2 atom stereocenters. The molecule has 1 N–H and O–H groups in total. The molecule has 0 radical (unpaired) electrons. The number of nitrogens with zero attached hydrogens (tertiary/aromatic N) is 3. The lowest BCUT2D eigenvalue weighted by atomic mass is 9.89. The van der Waals surface area contributed by atoms with E-state index in [2.05, 4.69) is 21.9 Å². The maximum Gasteiger partial charge on any atom is 0.227 e. The Kier molecular flexibility index (Phi) is 6.54. The third-order valence-electron chi connectivity index (χ3n) is 5.76. The Morgan fingerprint density at radius 3 is 2.38 bits per heavy atom. The average Bonchev–Trinajstić information content (AvgIpc) is 3.14. The third kappa shape index (κ3) is 4.98. The molecule has 0 aliphatic carbocycles. The quantitative estimate of drug-likeness (QED) is 0.842. The average molecular weight is 360 g/mol. The molecule has 0 aromatic heterocycles. The highest BCUT2D eigenvalue weighted by molar-refractivity contribution is 5.79. The fraction of sp³-hybridized carbons (Fsp3) is 0.667. The summed E-state index contributed by atoms with van der Waals surface area (Å²) in [4.78, 5) is 19.4. The lowest BCUT2D eigenvalue weighted by Gasteiger charge is -2.38. The van der Waals surface area contributed by atoms with Crippen LogP contribution >= 0.6 is 0 Å². The lowest BCUT2D eigenvalue weighted by molar-refractivity contribution is -0.134. The summed E-state index contributed by atoms with van der Waals surface area (Å²) in [6, 6.07) is 8.21. The zero-order valence-electron chi connectivity index (χ0n) is 16.2. The Balaban J connectivity index is 1.59. The van der Waals surface area contributed by atoms with Gasteiger partial charge in [-0.2, -0.15) is 0 Å². The highest BCUT2D eigenvalue weighted by atomic mass is 16.3. The maximum absolute atomic E-state index is 12.9.